The Labute approximate surface area is 253 Å². The molecule has 3 aromatic carbocycles. The predicted octanol–water partition coefficient (Wildman–Crippen LogP) is 5.51. The Morgan fingerprint density at radius 2 is 0.659 bits per heavy atom. The zero-order chi connectivity index (χ0) is 26.2. The maximum atomic E-state index is 5.38. The fraction of sp³-hybridized carbons (Fsp3) is 0.0833. The fourth-order valence-electron chi connectivity index (χ4n) is 6.51. The summed E-state index contributed by atoms with van der Waals surface area (Å²) in [5, 5.41) is 0. The van der Waals surface area contributed by atoms with Gasteiger partial charge in [-0.2, -0.15) is 106 Å². The van der Waals surface area contributed by atoms with E-state index in [9.17, 15) is 0 Å². The van der Waals surface area contributed by atoms with Crippen molar-refractivity contribution in [2.75, 3.05) is 0 Å². The molecule has 10 rings (SSSR count). The van der Waals surface area contributed by atoms with Gasteiger partial charge in [-0.05, 0) is 36.4 Å². The van der Waals surface area contributed by atoms with Gasteiger partial charge in [-0.1, -0.05) is 18.2 Å². The van der Waals surface area contributed by atoms with Gasteiger partial charge < -0.3 is 0 Å². The number of benzene rings is 3. The van der Waals surface area contributed by atoms with Crippen LogP contribution in [0.5, 0.6) is 0 Å². The first-order valence-corrected chi connectivity index (χ1v) is 14.9. The zero-order valence-electron chi connectivity index (χ0n) is 21.7. The molecule has 0 spiro atoms. The molecule has 3 aliphatic heterocycles. The maximum absolute atomic E-state index is 5.38. The van der Waals surface area contributed by atoms with Gasteiger partial charge in [-0.15, -0.1) is 0 Å². The monoisotopic (exact) mass is 719 g/mol. The van der Waals surface area contributed by atoms with E-state index in [0.29, 0.717) is 0 Å². The first-order chi connectivity index (χ1) is 19.8. The zero-order valence-corrected chi connectivity index (χ0v) is 25.0. The Morgan fingerprint density at radius 3 is 0.951 bits per heavy atom. The van der Waals surface area contributed by atoms with E-state index in [-0.39, 0.29) is 37.9 Å². The molecule has 1 aliphatic carbocycles. The van der Waals surface area contributed by atoms with Crippen molar-refractivity contribution >= 4 is 24.2 Å². The van der Waals surface area contributed by atoms with Crippen LogP contribution in [0.15, 0.2) is 109 Å². The molecule has 0 unspecified atom stereocenters. The van der Waals surface area contributed by atoms with Crippen LogP contribution in [0.4, 0.5) is 0 Å². The summed E-state index contributed by atoms with van der Waals surface area (Å²) < 4.78 is 0. The first kappa shape index (κ1) is 24.9. The van der Waals surface area contributed by atoms with Crippen LogP contribution < -0.4 is 16.3 Å². The molecule has 0 amide bonds. The Kier molecular flexibility index (Phi) is 5.86. The van der Waals surface area contributed by atoms with Crippen molar-refractivity contribution in [1.82, 2.24) is 15.0 Å². The standard InChI is InChI=1S/C36H21N3P.Ir/c1-7-22-19-23(8-1)35-25-10-3-12-27(21-25)36-26-11-2-9-24(20-26)34(22)28-13-4-16-31(37-28)40(32-17-5-14-29(35)38-32)33-18-6-15-30(36)39-33;/h1-18,34-36H;/q-3;+3. The van der Waals surface area contributed by atoms with Crippen LogP contribution in [0.1, 0.15) is 68.2 Å². The maximum Gasteiger partial charge on any atom is 3.00 e. The summed E-state index contributed by atoms with van der Waals surface area (Å²) in [6, 6.07) is 50.3. The number of rotatable bonds is 0. The first-order valence-electron chi connectivity index (χ1n) is 13.6. The molecule has 0 saturated heterocycles. The van der Waals surface area contributed by atoms with Crippen LogP contribution in [0.3, 0.4) is 0 Å². The molecule has 0 atom stereocenters. The van der Waals surface area contributed by atoms with Gasteiger partial charge >= 0.3 is 20.1 Å². The van der Waals surface area contributed by atoms with Gasteiger partial charge in [-0.25, -0.2) is 0 Å². The van der Waals surface area contributed by atoms with Crippen LogP contribution in [-0.2, 0) is 20.1 Å². The summed E-state index contributed by atoms with van der Waals surface area (Å²) in [5.41, 5.74) is 12.5. The summed E-state index contributed by atoms with van der Waals surface area (Å²) in [6.07, 6.45) is 0. The SMILES string of the molecule is [Ir+3].[c-]1c2cccc1C1c3[c-]c(ccc3)C3c4[c-]c(ccc4)C2c2cccc(n2)P(c2cccc1n2)c1cccc3n1. The molecular formula is C36H21IrN3P. The Balaban J connectivity index is 0.00000256. The third-order valence-electron chi connectivity index (χ3n) is 8.23. The van der Waals surface area contributed by atoms with Crippen molar-refractivity contribution in [2.24, 2.45) is 0 Å². The molecule has 41 heavy (non-hydrogen) atoms. The normalized spacial score (nSPS) is 20.5. The summed E-state index contributed by atoms with van der Waals surface area (Å²) in [6.45, 7) is 0. The molecule has 4 aliphatic rings. The van der Waals surface area contributed by atoms with Gasteiger partial charge in [-0.3, -0.25) is 15.0 Å². The minimum atomic E-state index is -1.09. The third kappa shape index (κ3) is 3.90. The molecule has 0 saturated carbocycles. The van der Waals surface area contributed by atoms with Crippen molar-refractivity contribution in [3.63, 3.8) is 0 Å². The number of hydrogen-bond acceptors (Lipinski definition) is 3. The average Bonchev–Trinajstić information content (AvgIpc) is 2.98. The Morgan fingerprint density at radius 1 is 0.390 bits per heavy atom. The minimum absolute atomic E-state index is 0. The predicted molar refractivity (Wildman–Crippen MR) is 157 cm³/mol. The Hall–Kier alpha value is -3.81. The molecule has 3 nitrogen and oxygen atoms in total. The molecule has 6 aromatic rings. The van der Waals surface area contributed by atoms with Crippen LogP contribution in [0, 0.1) is 18.2 Å². The number of nitrogens with zero attached hydrogens (tertiary/aromatic N) is 3. The molecule has 16 bridgehead atoms. The molecule has 0 fully saturated rings. The second kappa shape index (κ2) is 9.64. The second-order valence-corrected chi connectivity index (χ2v) is 12.6. The van der Waals surface area contributed by atoms with Crippen molar-refractivity contribution in [1.29, 1.82) is 0 Å². The van der Waals surface area contributed by atoms with Crippen molar-refractivity contribution in [2.45, 2.75) is 17.8 Å². The third-order valence-corrected chi connectivity index (χ3v) is 10.4. The van der Waals surface area contributed by atoms with Gasteiger partial charge in [0.2, 0.25) is 0 Å². The van der Waals surface area contributed by atoms with Crippen LogP contribution in [0.25, 0.3) is 0 Å². The summed E-state index contributed by atoms with van der Waals surface area (Å²) in [4.78, 5) is 16.1. The van der Waals surface area contributed by atoms with E-state index in [0.717, 1.165) is 66.8 Å². The molecule has 3 aromatic heterocycles. The van der Waals surface area contributed by atoms with Gasteiger partial charge in [0.05, 0.1) is 16.3 Å². The van der Waals surface area contributed by atoms with Gasteiger partial charge in [0.25, 0.3) is 0 Å². The average molecular weight is 719 g/mol. The van der Waals surface area contributed by atoms with E-state index in [1.54, 1.807) is 0 Å². The van der Waals surface area contributed by atoms with Gasteiger partial charge in [0.15, 0.2) is 0 Å². The van der Waals surface area contributed by atoms with Crippen LogP contribution in [-0.4, -0.2) is 15.0 Å². The number of pyridine rings is 3. The molecule has 0 N–H and O–H groups in total. The van der Waals surface area contributed by atoms with Crippen molar-refractivity contribution in [3.05, 3.63) is 178 Å². The quantitative estimate of drug-likeness (QED) is 0.154. The van der Waals surface area contributed by atoms with E-state index in [2.05, 4.69) is 127 Å². The molecule has 6 heterocycles. The van der Waals surface area contributed by atoms with E-state index in [4.69, 9.17) is 15.0 Å². The van der Waals surface area contributed by atoms with Crippen molar-refractivity contribution < 1.29 is 20.1 Å². The fourth-order valence-corrected chi connectivity index (χ4v) is 8.57. The topological polar surface area (TPSA) is 38.7 Å². The van der Waals surface area contributed by atoms with E-state index < -0.39 is 7.92 Å². The van der Waals surface area contributed by atoms with Gasteiger partial charge in [0, 0.05) is 42.8 Å². The van der Waals surface area contributed by atoms with E-state index in [1.165, 1.54) is 0 Å². The molecule has 5 heteroatoms. The number of hydrogen-bond donors (Lipinski definition) is 0. The summed E-state index contributed by atoms with van der Waals surface area (Å²) in [5.74, 6) is -0.302. The molecular weight excluding hydrogens is 698 g/mol. The van der Waals surface area contributed by atoms with Gasteiger partial charge in [0.1, 0.15) is 0 Å². The molecule has 194 valence electrons. The van der Waals surface area contributed by atoms with E-state index >= 15 is 0 Å². The molecule has 0 radical (unpaired) electrons. The Bertz CT molecular complexity index is 1490. The van der Waals surface area contributed by atoms with E-state index in [1.807, 2.05) is 0 Å². The van der Waals surface area contributed by atoms with Crippen molar-refractivity contribution in [3.8, 4) is 0 Å². The second-order valence-electron chi connectivity index (χ2n) is 10.6. The largest absolute Gasteiger partial charge is 3.00 e. The van der Waals surface area contributed by atoms with Crippen LogP contribution >= 0.6 is 7.92 Å². The summed E-state index contributed by atoms with van der Waals surface area (Å²) >= 11 is 0. The van der Waals surface area contributed by atoms with Crippen LogP contribution in [0.2, 0.25) is 0 Å². The smallest absolute Gasteiger partial charge is 0.251 e. The number of aromatic nitrogens is 3. The minimum Gasteiger partial charge on any atom is -0.251 e. The summed E-state index contributed by atoms with van der Waals surface area (Å²) in [7, 11) is -1.09.